The number of rotatable bonds is 6. The fraction of sp³-hybridized carbons (Fsp3) is 0.308. The molecule has 1 aromatic rings. The number of hydrogen-bond acceptors (Lipinski definition) is 4. The molecule has 0 fully saturated rings. The normalized spacial score (nSPS) is 11.6. The van der Waals surface area contributed by atoms with E-state index in [4.69, 9.17) is 28.3 Å². The van der Waals surface area contributed by atoms with Gasteiger partial charge in [0.05, 0.1) is 22.7 Å². The standard InChI is InChI=1S/C13H13Cl2NO5/c1-21-10(17)6-5-9(13(19)20)16-12(18)7-3-2-4-8(14)11(7)15/h2-4,9H,5-6H2,1H3,(H,16,18)(H,19,20)/t9-/m0/s1. The van der Waals surface area contributed by atoms with Crippen molar-refractivity contribution in [2.75, 3.05) is 7.11 Å². The van der Waals surface area contributed by atoms with Crippen LogP contribution in [-0.2, 0) is 14.3 Å². The molecule has 1 amide bonds. The Balaban J connectivity index is 2.79. The van der Waals surface area contributed by atoms with Crippen molar-refractivity contribution in [1.82, 2.24) is 5.32 Å². The molecular formula is C13H13Cl2NO5. The number of esters is 1. The van der Waals surface area contributed by atoms with Gasteiger partial charge in [-0.3, -0.25) is 9.59 Å². The number of hydrogen-bond donors (Lipinski definition) is 2. The van der Waals surface area contributed by atoms with E-state index in [1.165, 1.54) is 25.3 Å². The first-order chi connectivity index (χ1) is 9.86. The van der Waals surface area contributed by atoms with E-state index >= 15 is 0 Å². The maximum atomic E-state index is 12.0. The molecule has 0 heterocycles. The Kier molecular flexibility index (Phi) is 6.45. The summed E-state index contributed by atoms with van der Waals surface area (Å²) in [5, 5.41) is 11.6. The molecule has 8 heteroatoms. The van der Waals surface area contributed by atoms with Gasteiger partial charge in [-0.15, -0.1) is 0 Å². The highest BCUT2D eigenvalue weighted by atomic mass is 35.5. The van der Waals surface area contributed by atoms with Gasteiger partial charge in [0.2, 0.25) is 0 Å². The molecule has 6 nitrogen and oxygen atoms in total. The van der Waals surface area contributed by atoms with Gasteiger partial charge in [0.1, 0.15) is 6.04 Å². The minimum absolute atomic E-state index is 0.0359. The largest absolute Gasteiger partial charge is 0.480 e. The third-order valence-corrected chi connectivity index (χ3v) is 3.48. The molecule has 21 heavy (non-hydrogen) atoms. The van der Waals surface area contributed by atoms with Crippen molar-refractivity contribution in [2.45, 2.75) is 18.9 Å². The van der Waals surface area contributed by atoms with Crippen LogP contribution < -0.4 is 5.32 Å². The lowest BCUT2D eigenvalue weighted by Gasteiger charge is -2.14. The van der Waals surface area contributed by atoms with Crippen LogP contribution in [-0.4, -0.2) is 36.1 Å². The second-order valence-electron chi connectivity index (χ2n) is 4.08. The maximum Gasteiger partial charge on any atom is 0.326 e. The zero-order valence-electron chi connectivity index (χ0n) is 11.1. The van der Waals surface area contributed by atoms with E-state index in [-0.39, 0.29) is 28.5 Å². The molecule has 0 aliphatic carbocycles. The third-order valence-electron chi connectivity index (χ3n) is 2.66. The van der Waals surface area contributed by atoms with Crippen molar-refractivity contribution in [3.05, 3.63) is 33.8 Å². The Morgan fingerprint density at radius 1 is 1.33 bits per heavy atom. The van der Waals surface area contributed by atoms with Gasteiger partial charge in [0, 0.05) is 6.42 Å². The second-order valence-corrected chi connectivity index (χ2v) is 4.87. The maximum absolute atomic E-state index is 12.0. The zero-order chi connectivity index (χ0) is 16.0. The van der Waals surface area contributed by atoms with Crippen LogP contribution in [0.3, 0.4) is 0 Å². The summed E-state index contributed by atoms with van der Waals surface area (Å²) in [5.74, 6) is -2.50. The summed E-state index contributed by atoms with van der Waals surface area (Å²) in [4.78, 5) is 34.1. The van der Waals surface area contributed by atoms with Crippen LogP contribution in [0.5, 0.6) is 0 Å². The number of nitrogens with one attached hydrogen (secondary N) is 1. The molecule has 0 aromatic heterocycles. The Hall–Kier alpha value is -1.79. The van der Waals surface area contributed by atoms with Gasteiger partial charge in [-0.1, -0.05) is 29.3 Å². The molecule has 0 bridgehead atoms. The van der Waals surface area contributed by atoms with E-state index in [0.717, 1.165) is 0 Å². The number of aliphatic carboxylic acids is 1. The number of carbonyl (C=O) groups is 3. The van der Waals surface area contributed by atoms with Crippen LogP contribution >= 0.6 is 23.2 Å². The van der Waals surface area contributed by atoms with Crippen LogP contribution in [0.1, 0.15) is 23.2 Å². The number of ether oxygens (including phenoxy) is 1. The van der Waals surface area contributed by atoms with E-state index in [2.05, 4.69) is 10.1 Å². The first kappa shape index (κ1) is 17.3. The van der Waals surface area contributed by atoms with Crippen LogP contribution in [0, 0.1) is 0 Å². The van der Waals surface area contributed by atoms with E-state index in [9.17, 15) is 14.4 Å². The molecule has 0 saturated carbocycles. The highest BCUT2D eigenvalue weighted by Gasteiger charge is 2.23. The fourth-order valence-corrected chi connectivity index (χ4v) is 1.92. The number of carbonyl (C=O) groups excluding carboxylic acids is 2. The van der Waals surface area contributed by atoms with E-state index < -0.39 is 23.9 Å². The number of benzene rings is 1. The number of carboxylic acids is 1. The summed E-state index contributed by atoms with van der Waals surface area (Å²) >= 11 is 11.7. The number of halogens is 2. The van der Waals surface area contributed by atoms with Gasteiger partial charge in [-0.2, -0.15) is 0 Å². The third kappa shape index (κ3) is 4.91. The summed E-state index contributed by atoms with van der Waals surface area (Å²) in [6, 6.07) is 3.22. The minimum atomic E-state index is -1.26. The fourth-order valence-electron chi connectivity index (χ4n) is 1.54. The van der Waals surface area contributed by atoms with E-state index in [1.807, 2.05) is 0 Å². The molecule has 2 N–H and O–H groups in total. The lowest BCUT2D eigenvalue weighted by Crippen LogP contribution is -2.41. The molecule has 1 aromatic carbocycles. The molecule has 0 radical (unpaired) electrons. The summed E-state index contributed by atoms with van der Waals surface area (Å²) in [5.41, 5.74) is 0.0634. The lowest BCUT2D eigenvalue weighted by molar-refractivity contribution is -0.142. The average molecular weight is 334 g/mol. The first-order valence-electron chi connectivity index (χ1n) is 5.91. The van der Waals surface area contributed by atoms with Crippen molar-refractivity contribution in [3.63, 3.8) is 0 Å². The van der Waals surface area contributed by atoms with E-state index in [0.29, 0.717) is 0 Å². The van der Waals surface area contributed by atoms with Crippen LogP contribution in [0.15, 0.2) is 18.2 Å². The van der Waals surface area contributed by atoms with Gasteiger partial charge >= 0.3 is 11.9 Å². The summed E-state index contributed by atoms with van der Waals surface area (Å²) < 4.78 is 4.42. The van der Waals surface area contributed by atoms with Crippen molar-refractivity contribution < 1.29 is 24.2 Å². The molecule has 0 unspecified atom stereocenters. The number of methoxy groups -OCH3 is 1. The van der Waals surface area contributed by atoms with E-state index in [1.54, 1.807) is 0 Å². The Morgan fingerprint density at radius 3 is 2.57 bits per heavy atom. The summed E-state index contributed by atoms with van der Waals surface area (Å²) in [7, 11) is 1.20. The number of carboxylic acid groups (broad SMARTS) is 1. The monoisotopic (exact) mass is 333 g/mol. The van der Waals surface area contributed by atoms with Gasteiger partial charge < -0.3 is 15.2 Å². The topological polar surface area (TPSA) is 92.7 Å². The van der Waals surface area contributed by atoms with Crippen LogP contribution in [0.4, 0.5) is 0 Å². The molecular weight excluding hydrogens is 321 g/mol. The van der Waals surface area contributed by atoms with Crippen LogP contribution in [0.2, 0.25) is 10.0 Å². The molecule has 0 spiro atoms. The van der Waals surface area contributed by atoms with Crippen LogP contribution in [0.25, 0.3) is 0 Å². The predicted octanol–water partition coefficient (Wildman–Crippen LogP) is 2.13. The molecule has 0 aliphatic rings. The zero-order valence-corrected chi connectivity index (χ0v) is 12.6. The summed E-state index contributed by atoms with van der Waals surface area (Å²) in [6.45, 7) is 0. The SMILES string of the molecule is COC(=O)CC[C@H](NC(=O)c1cccc(Cl)c1Cl)C(=O)O. The van der Waals surface area contributed by atoms with Gasteiger partial charge in [-0.05, 0) is 18.6 Å². The highest BCUT2D eigenvalue weighted by Crippen LogP contribution is 2.25. The average Bonchev–Trinajstić information content (AvgIpc) is 2.45. The first-order valence-corrected chi connectivity index (χ1v) is 6.67. The summed E-state index contributed by atoms with van der Waals surface area (Å²) in [6.07, 6.45) is -0.219. The number of amides is 1. The van der Waals surface area contributed by atoms with Gasteiger partial charge in [0.25, 0.3) is 5.91 Å². The molecule has 1 atom stereocenters. The second kappa shape index (κ2) is 7.85. The van der Waals surface area contributed by atoms with Crippen molar-refractivity contribution in [3.8, 4) is 0 Å². The predicted molar refractivity (Wildman–Crippen MR) is 76.6 cm³/mol. The lowest BCUT2D eigenvalue weighted by atomic mass is 10.1. The van der Waals surface area contributed by atoms with Gasteiger partial charge in [-0.25, -0.2) is 4.79 Å². The Morgan fingerprint density at radius 2 is 2.00 bits per heavy atom. The minimum Gasteiger partial charge on any atom is -0.480 e. The molecule has 114 valence electrons. The Labute approximate surface area is 131 Å². The van der Waals surface area contributed by atoms with Crippen molar-refractivity contribution >= 4 is 41.0 Å². The Bertz CT molecular complexity index is 561. The molecule has 1 rings (SSSR count). The van der Waals surface area contributed by atoms with Crippen molar-refractivity contribution in [1.29, 1.82) is 0 Å². The smallest absolute Gasteiger partial charge is 0.326 e. The molecule has 0 aliphatic heterocycles. The van der Waals surface area contributed by atoms with Gasteiger partial charge in [0.15, 0.2) is 0 Å². The quantitative estimate of drug-likeness (QED) is 0.778. The highest BCUT2D eigenvalue weighted by molar-refractivity contribution is 6.43. The van der Waals surface area contributed by atoms with Crippen molar-refractivity contribution in [2.24, 2.45) is 0 Å². The molecule has 0 saturated heterocycles.